The highest BCUT2D eigenvalue weighted by Gasteiger charge is 2.27. The first-order valence-electron chi connectivity index (χ1n) is 12.5. The third-order valence-electron chi connectivity index (χ3n) is 6.76. The summed E-state index contributed by atoms with van der Waals surface area (Å²) in [6, 6.07) is 30.1. The molecule has 0 saturated heterocycles. The van der Waals surface area contributed by atoms with Gasteiger partial charge in [0.25, 0.3) is 0 Å². The molecule has 192 valence electrons. The number of aromatic nitrogens is 3. The van der Waals surface area contributed by atoms with Crippen LogP contribution in [0.1, 0.15) is 10.9 Å². The van der Waals surface area contributed by atoms with Crippen molar-refractivity contribution < 1.29 is 0 Å². The Kier molecular flexibility index (Phi) is 5.42. The SMILES string of the molecule is c1ccc(-c2nc3sc(-c4cc5cc6sc(-c7nc8c(s7)NC(c7ccccc7)S8)cc6cc5s4)nc3s2)cc1. The molecule has 5 aromatic heterocycles. The Morgan fingerprint density at radius 2 is 1.18 bits per heavy atom. The van der Waals surface area contributed by atoms with Gasteiger partial charge in [0.2, 0.25) is 0 Å². The maximum absolute atomic E-state index is 5.00. The zero-order chi connectivity index (χ0) is 26.2. The van der Waals surface area contributed by atoms with Gasteiger partial charge in [0.1, 0.15) is 30.4 Å². The molecule has 0 radical (unpaired) electrons. The van der Waals surface area contributed by atoms with Crippen LogP contribution >= 0.6 is 68.4 Å². The summed E-state index contributed by atoms with van der Waals surface area (Å²) >= 11 is 10.5. The van der Waals surface area contributed by atoms with Gasteiger partial charge in [0, 0.05) is 15.0 Å². The molecule has 1 atom stereocenters. The smallest absolute Gasteiger partial charge is 0.155 e. The first-order valence-corrected chi connectivity index (χ1v) is 17.5. The summed E-state index contributed by atoms with van der Waals surface area (Å²) in [6.45, 7) is 0. The number of nitrogens with zero attached hydrogens (tertiary/aromatic N) is 3. The van der Waals surface area contributed by atoms with E-state index in [4.69, 9.17) is 15.0 Å². The van der Waals surface area contributed by atoms with Crippen LogP contribution in [0.4, 0.5) is 5.00 Å². The molecule has 0 spiro atoms. The van der Waals surface area contributed by atoms with Crippen molar-refractivity contribution in [1.29, 1.82) is 0 Å². The summed E-state index contributed by atoms with van der Waals surface area (Å²) in [4.78, 5) is 19.3. The lowest BCUT2D eigenvalue weighted by Crippen LogP contribution is -1.99. The quantitative estimate of drug-likeness (QED) is 0.211. The van der Waals surface area contributed by atoms with E-state index in [1.807, 2.05) is 28.7 Å². The molecule has 1 aliphatic rings. The van der Waals surface area contributed by atoms with Crippen molar-refractivity contribution >= 4 is 103 Å². The highest BCUT2D eigenvalue weighted by Crippen LogP contribution is 2.51. The highest BCUT2D eigenvalue weighted by atomic mass is 32.2. The second kappa shape index (κ2) is 9.20. The number of fused-ring (bicyclic) bond motifs is 4. The number of benzene rings is 3. The number of nitrogens with one attached hydrogen (secondary N) is 1. The van der Waals surface area contributed by atoms with Gasteiger partial charge < -0.3 is 5.32 Å². The number of hydrogen-bond acceptors (Lipinski definition) is 10. The number of thioether (sulfide) groups is 1. The van der Waals surface area contributed by atoms with Gasteiger partial charge in [-0.3, -0.25) is 0 Å². The molecular formula is C30H16N4S6. The molecule has 6 heterocycles. The Morgan fingerprint density at radius 1 is 0.575 bits per heavy atom. The molecule has 0 bridgehead atoms. The molecule has 3 aromatic carbocycles. The van der Waals surface area contributed by atoms with Crippen LogP contribution in [0.5, 0.6) is 0 Å². The molecule has 9 rings (SSSR count). The number of rotatable bonds is 4. The fourth-order valence-corrected chi connectivity index (χ4v) is 11.5. The van der Waals surface area contributed by atoms with Crippen LogP contribution in [0.15, 0.2) is 90.0 Å². The van der Waals surface area contributed by atoms with Gasteiger partial charge in [0.05, 0.1) is 9.75 Å². The van der Waals surface area contributed by atoms with Crippen LogP contribution in [0.25, 0.3) is 60.2 Å². The maximum Gasteiger partial charge on any atom is 0.155 e. The van der Waals surface area contributed by atoms with Gasteiger partial charge in [-0.05, 0) is 40.6 Å². The minimum absolute atomic E-state index is 0.239. The van der Waals surface area contributed by atoms with Gasteiger partial charge >= 0.3 is 0 Å². The molecule has 10 heteroatoms. The number of thiazole rings is 3. The standard InChI is InChI=1S/C30H16N4S6/c1-3-7-15(8-4-1)23-31-27-29(37-23)33-25(39-27)21-13-17-11-20-18(12-19(17)35-21)14-22(36-20)26-34-30-28(40-26)32-24(38-30)16-9-5-2-6-10-16/h1-14,23,31H. The molecule has 0 fully saturated rings. The fourth-order valence-electron chi connectivity index (χ4n) is 4.86. The average molecular weight is 625 g/mol. The molecule has 8 aromatic rings. The van der Waals surface area contributed by atoms with Crippen molar-refractivity contribution in [1.82, 2.24) is 15.0 Å². The highest BCUT2D eigenvalue weighted by molar-refractivity contribution is 8.00. The Hall–Kier alpha value is -3.12. The molecule has 4 nitrogen and oxygen atoms in total. The minimum atomic E-state index is 0.239. The summed E-state index contributed by atoms with van der Waals surface area (Å²) in [5.41, 5.74) is 2.43. The minimum Gasteiger partial charge on any atom is -0.359 e. The topological polar surface area (TPSA) is 50.7 Å². The molecule has 0 amide bonds. The van der Waals surface area contributed by atoms with Gasteiger partial charge in [-0.1, -0.05) is 106 Å². The molecule has 0 saturated carbocycles. The third-order valence-corrected chi connectivity index (χ3v) is 13.6. The van der Waals surface area contributed by atoms with E-state index in [2.05, 4.69) is 84.2 Å². The van der Waals surface area contributed by atoms with Crippen LogP contribution < -0.4 is 5.32 Å². The average Bonchev–Trinajstić information content (AvgIpc) is 3.79. The predicted octanol–water partition coefficient (Wildman–Crippen LogP) is 10.9. The molecular weight excluding hydrogens is 609 g/mol. The lowest BCUT2D eigenvalue weighted by molar-refractivity contribution is 1.14. The molecule has 0 aliphatic carbocycles. The molecule has 40 heavy (non-hydrogen) atoms. The zero-order valence-electron chi connectivity index (χ0n) is 20.5. The number of anilines is 1. The van der Waals surface area contributed by atoms with E-state index < -0.39 is 0 Å². The van der Waals surface area contributed by atoms with Crippen molar-refractivity contribution in [3.63, 3.8) is 0 Å². The van der Waals surface area contributed by atoms with Crippen molar-refractivity contribution in [2.24, 2.45) is 0 Å². The van der Waals surface area contributed by atoms with Crippen LogP contribution in [-0.2, 0) is 0 Å². The third kappa shape index (κ3) is 3.93. The number of hydrogen-bond donors (Lipinski definition) is 1. The van der Waals surface area contributed by atoms with Crippen LogP contribution in [0.2, 0.25) is 0 Å². The molecule has 1 aliphatic heterocycles. The summed E-state index contributed by atoms with van der Waals surface area (Å²) in [5, 5.41) is 11.9. The largest absolute Gasteiger partial charge is 0.359 e. The normalized spacial score (nSPS) is 14.8. The van der Waals surface area contributed by atoms with Crippen molar-refractivity contribution in [2.45, 2.75) is 10.4 Å². The summed E-state index contributed by atoms with van der Waals surface area (Å²) in [5.74, 6) is 0. The first kappa shape index (κ1) is 23.6. The first-order chi connectivity index (χ1) is 19.7. The van der Waals surface area contributed by atoms with Crippen molar-refractivity contribution in [3.05, 3.63) is 90.5 Å². The van der Waals surface area contributed by atoms with E-state index in [0.29, 0.717) is 0 Å². The Labute approximate surface area is 253 Å². The van der Waals surface area contributed by atoms with Crippen molar-refractivity contribution in [2.75, 3.05) is 5.32 Å². The monoisotopic (exact) mass is 624 g/mol. The Balaban J connectivity index is 1.00. The number of thiophene rings is 2. The Bertz CT molecular complexity index is 2080. The maximum atomic E-state index is 5.00. The van der Waals surface area contributed by atoms with Gasteiger partial charge in [-0.25, -0.2) is 15.0 Å². The van der Waals surface area contributed by atoms with E-state index in [9.17, 15) is 0 Å². The summed E-state index contributed by atoms with van der Waals surface area (Å²) in [7, 11) is 0. The lowest BCUT2D eigenvalue weighted by Gasteiger charge is -2.09. The lowest BCUT2D eigenvalue weighted by atomic mass is 10.2. The summed E-state index contributed by atoms with van der Waals surface area (Å²) < 4.78 is 2.58. The van der Waals surface area contributed by atoms with E-state index >= 15 is 0 Å². The van der Waals surface area contributed by atoms with Gasteiger partial charge in [-0.15, -0.1) is 22.7 Å². The fraction of sp³-hybridized carbons (Fsp3) is 0.0333. The van der Waals surface area contributed by atoms with E-state index in [-0.39, 0.29) is 5.37 Å². The van der Waals surface area contributed by atoms with Gasteiger partial charge in [0.15, 0.2) is 9.66 Å². The molecule has 1 unspecified atom stereocenters. The van der Waals surface area contributed by atoms with Crippen molar-refractivity contribution in [3.8, 4) is 30.3 Å². The molecule has 1 N–H and O–H groups in total. The van der Waals surface area contributed by atoms with E-state index in [1.165, 1.54) is 40.5 Å². The Morgan fingerprint density at radius 3 is 1.85 bits per heavy atom. The zero-order valence-corrected chi connectivity index (χ0v) is 25.4. The predicted molar refractivity (Wildman–Crippen MR) is 177 cm³/mol. The van der Waals surface area contributed by atoms with Crippen LogP contribution in [0.3, 0.4) is 0 Å². The van der Waals surface area contributed by atoms with E-state index in [1.54, 1.807) is 45.8 Å². The summed E-state index contributed by atoms with van der Waals surface area (Å²) in [6.07, 6.45) is 0. The van der Waals surface area contributed by atoms with E-state index in [0.717, 1.165) is 35.3 Å². The second-order valence-electron chi connectivity index (χ2n) is 9.37. The van der Waals surface area contributed by atoms with Crippen LogP contribution in [-0.4, -0.2) is 15.0 Å². The van der Waals surface area contributed by atoms with Crippen LogP contribution in [0, 0.1) is 0 Å². The van der Waals surface area contributed by atoms with Gasteiger partial charge in [-0.2, -0.15) is 0 Å². The second-order valence-corrected chi connectivity index (χ2v) is 15.6.